The van der Waals surface area contributed by atoms with E-state index in [2.05, 4.69) is 31.3 Å². The molecular weight excluding hydrogens is 851 g/mol. The predicted octanol–water partition coefficient (Wildman–Crippen LogP) is 19.6. The Hall–Kier alpha value is -1.40. The summed E-state index contributed by atoms with van der Waals surface area (Å²) in [4.78, 5) is 24.5. The summed E-state index contributed by atoms with van der Waals surface area (Å²) in [6.07, 6.45) is 70.9. The van der Waals surface area contributed by atoms with Crippen molar-refractivity contribution in [1.82, 2.24) is 5.32 Å². The molecule has 0 aromatic rings. The highest BCUT2D eigenvalue weighted by molar-refractivity contribution is 5.76. The minimum absolute atomic E-state index is 0.00587. The monoisotopic (exact) mass is 974 g/mol. The van der Waals surface area contributed by atoms with Gasteiger partial charge in [-0.15, -0.1) is 0 Å². The van der Waals surface area contributed by atoms with E-state index in [9.17, 15) is 19.8 Å². The molecule has 3 N–H and O–H groups in total. The van der Waals surface area contributed by atoms with Gasteiger partial charge in [-0.25, -0.2) is 0 Å². The van der Waals surface area contributed by atoms with Gasteiger partial charge in [0.15, 0.2) is 0 Å². The van der Waals surface area contributed by atoms with Gasteiger partial charge in [0.25, 0.3) is 0 Å². The van der Waals surface area contributed by atoms with Crippen LogP contribution in [0.15, 0.2) is 12.2 Å². The van der Waals surface area contributed by atoms with Crippen LogP contribution in [0.1, 0.15) is 354 Å². The van der Waals surface area contributed by atoms with Crippen molar-refractivity contribution in [1.29, 1.82) is 0 Å². The van der Waals surface area contributed by atoms with Crippen LogP contribution in [0.3, 0.4) is 0 Å². The fraction of sp³-hybridized carbons (Fsp3) is 0.937. The number of carbonyl (C=O) groups is 2. The van der Waals surface area contributed by atoms with Gasteiger partial charge in [-0.3, -0.25) is 9.59 Å². The van der Waals surface area contributed by atoms with Gasteiger partial charge in [0.2, 0.25) is 5.91 Å². The molecule has 0 bridgehead atoms. The van der Waals surface area contributed by atoms with E-state index in [1.54, 1.807) is 0 Å². The summed E-state index contributed by atoms with van der Waals surface area (Å²) in [7, 11) is 0. The van der Waals surface area contributed by atoms with E-state index in [-0.39, 0.29) is 18.5 Å². The zero-order chi connectivity index (χ0) is 50.0. The van der Waals surface area contributed by atoms with E-state index in [0.717, 1.165) is 44.9 Å². The first-order chi connectivity index (χ1) is 34.0. The maximum absolute atomic E-state index is 12.5. The highest BCUT2D eigenvalue weighted by Crippen LogP contribution is 2.18. The van der Waals surface area contributed by atoms with Gasteiger partial charge < -0.3 is 20.3 Å². The molecule has 1 amide bonds. The Morgan fingerprint density at radius 1 is 0.391 bits per heavy atom. The maximum atomic E-state index is 12.5. The molecule has 0 aliphatic heterocycles. The first-order valence-corrected chi connectivity index (χ1v) is 31.4. The number of allylic oxidation sites excluding steroid dienone is 2. The second kappa shape index (κ2) is 59.2. The highest BCUT2D eigenvalue weighted by atomic mass is 16.5. The second-order valence-electron chi connectivity index (χ2n) is 21.7. The minimum atomic E-state index is -0.662. The average molecular weight is 975 g/mol. The first kappa shape index (κ1) is 67.6. The molecule has 0 heterocycles. The van der Waals surface area contributed by atoms with Crippen molar-refractivity contribution in [2.45, 2.75) is 366 Å². The van der Waals surface area contributed by atoms with Crippen LogP contribution >= 0.6 is 0 Å². The lowest BCUT2D eigenvalue weighted by molar-refractivity contribution is -0.143. The summed E-state index contributed by atoms with van der Waals surface area (Å²) in [6.45, 7) is 4.94. The Morgan fingerprint density at radius 3 is 1.07 bits per heavy atom. The fourth-order valence-corrected chi connectivity index (χ4v) is 9.98. The molecule has 410 valence electrons. The summed E-state index contributed by atoms with van der Waals surface area (Å²) in [5.74, 6) is -0.0245. The Kier molecular flexibility index (Phi) is 58.0. The van der Waals surface area contributed by atoms with E-state index in [1.807, 2.05) is 0 Å². The van der Waals surface area contributed by atoms with Gasteiger partial charge in [0.1, 0.15) is 0 Å². The third-order valence-electron chi connectivity index (χ3n) is 14.8. The van der Waals surface area contributed by atoms with Crippen LogP contribution in [0.4, 0.5) is 0 Å². The Morgan fingerprint density at radius 2 is 0.696 bits per heavy atom. The summed E-state index contributed by atoms with van der Waals surface area (Å²) >= 11 is 0. The zero-order valence-electron chi connectivity index (χ0n) is 46.8. The largest absolute Gasteiger partial charge is 0.466 e. The highest BCUT2D eigenvalue weighted by Gasteiger charge is 2.20. The predicted molar refractivity (Wildman–Crippen MR) is 301 cm³/mol. The van der Waals surface area contributed by atoms with E-state index in [1.165, 1.54) is 276 Å². The number of hydrogen-bond donors (Lipinski definition) is 3. The first-order valence-electron chi connectivity index (χ1n) is 31.4. The molecule has 0 aliphatic carbocycles. The van der Waals surface area contributed by atoms with Crippen molar-refractivity contribution < 1.29 is 24.5 Å². The molecule has 0 saturated heterocycles. The number of carbonyl (C=O) groups excluding carboxylic acids is 2. The van der Waals surface area contributed by atoms with Gasteiger partial charge in [-0.2, -0.15) is 0 Å². The molecule has 2 unspecified atom stereocenters. The number of nitrogens with one attached hydrogen (secondary N) is 1. The van der Waals surface area contributed by atoms with Gasteiger partial charge in [0, 0.05) is 12.8 Å². The van der Waals surface area contributed by atoms with Crippen molar-refractivity contribution in [2.24, 2.45) is 0 Å². The number of unbranched alkanes of at least 4 members (excludes halogenated alkanes) is 46. The Labute approximate surface area is 431 Å². The van der Waals surface area contributed by atoms with Crippen LogP contribution in [-0.4, -0.2) is 47.4 Å². The molecule has 0 aromatic heterocycles. The Bertz CT molecular complexity index is 1030. The van der Waals surface area contributed by atoms with Crippen LogP contribution in [0.5, 0.6) is 0 Å². The van der Waals surface area contributed by atoms with Gasteiger partial charge in [-0.05, 0) is 44.9 Å². The molecule has 69 heavy (non-hydrogen) atoms. The standard InChI is InChI=1S/C63H123NO5/c1-3-5-7-9-11-13-15-16-17-29-32-36-39-43-47-51-55-61(66)60(59-65)64-62(67)56-52-48-44-40-37-33-30-27-25-23-21-19-18-20-22-24-26-28-31-34-38-42-46-50-54-58-69-63(68)57-53-49-45-41-35-14-12-10-8-6-4-2/h10,12,60-61,65-66H,3-9,11,13-59H2,1-2H3,(H,64,67)/b12-10-. The lowest BCUT2D eigenvalue weighted by atomic mass is 10.0. The molecule has 0 aliphatic rings. The molecule has 0 saturated carbocycles. The molecule has 0 aromatic carbocycles. The minimum Gasteiger partial charge on any atom is -0.466 e. The number of aliphatic hydroxyl groups excluding tert-OH is 2. The molecule has 0 fully saturated rings. The third-order valence-corrected chi connectivity index (χ3v) is 14.8. The van der Waals surface area contributed by atoms with Crippen molar-refractivity contribution in [2.75, 3.05) is 13.2 Å². The molecule has 6 nitrogen and oxygen atoms in total. The normalized spacial score (nSPS) is 12.6. The van der Waals surface area contributed by atoms with Gasteiger partial charge in [0.05, 0.1) is 25.4 Å². The quantitative estimate of drug-likeness (QED) is 0.0321. The maximum Gasteiger partial charge on any atom is 0.305 e. The van der Waals surface area contributed by atoms with Crippen LogP contribution in [0, 0.1) is 0 Å². The van der Waals surface area contributed by atoms with Crippen molar-refractivity contribution >= 4 is 11.9 Å². The fourth-order valence-electron chi connectivity index (χ4n) is 9.98. The molecule has 0 radical (unpaired) electrons. The van der Waals surface area contributed by atoms with Crippen molar-refractivity contribution in [3.8, 4) is 0 Å². The summed E-state index contributed by atoms with van der Waals surface area (Å²) < 4.78 is 5.46. The average Bonchev–Trinajstić information content (AvgIpc) is 3.35. The van der Waals surface area contributed by atoms with Crippen LogP contribution in [0.25, 0.3) is 0 Å². The molecule has 0 spiro atoms. The summed E-state index contributed by atoms with van der Waals surface area (Å²) in [6, 6.07) is -0.539. The lowest BCUT2D eigenvalue weighted by Crippen LogP contribution is -2.45. The van der Waals surface area contributed by atoms with Gasteiger partial charge in [-0.1, -0.05) is 309 Å². The van der Waals surface area contributed by atoms with E-state index in [4.69, 9.17) is 4.74 Å². The number of ether oxygens (including phenoxy) is 1. The van der Waals surface area contributed by atoms with Crippen LogP contribution in [-0.2, 0) is 14.3 Å². The molecular formula is C63H123NO5. The van der Waals surface area contributed by atoms with Crippen molar-refractivity contribution in [3.05, 3.63) is 12.2 Å². The number of amides is 1. The lowest BCUT2D eigenvalue weighted by Gasteiger charge is -2.22. The van der Waals surface area contributed by atoms with E-state index >= 15 is 0 Å². The number of aliphatic hydroxyl groups is 2. The zero-order valence-corrected chi connectivity index (χ0v) is 46.8. The summed E-state index contributed by atoms with van der Waals surface area (Å²) in [5, 5.41) is 23.3. The van der Waals surface area contributed by atoms with Gasteiger partial charge >= 0.3 is 5.97 Å². The SMILES string of the molecule is CCCC/C=C\CCCCCCCC(=O)OCCCCCCCCCCCCCCCCCCCCCCCCCCCC(=O)NC(CO)C(O)CCCCCCCCCCCCCCCCCC. The second-order valence-corrected chi connectivity index (χ2v) is 21.7. The topological polar surface area (TPSA) is 95.9 Å². The number of hydrogen-bond acceptors (Lipinski definition) is 5. The third kappa shape index (κ3) is 55.8. The number of esters is 1. The van der Waals surface area contributed by atoms with E-state index in [0.29, 0.717) is 25.9 Å². The molecule has 0 rings (SSSR count). The summed E-state index contributed by atoms with van der Waals surface area (Å²) in [5.41, 5.74) is 0. The van der Waals surface area contributed by atoms with E-state index < -0.39 is 12.1 Å². The molecule has 2 atom stereocenters. The molecule has 6 heteroatoms. The van der Waals surface area contributed by atoms with Crippen LogP contribution < -0.4 is 5.32 Å². The van der Waals surface area contributed by atoms with Crippen LogP contribution in [0.2, 0.25) is 0 Å². The van der Waals surface area contributed by atoms with Crippen molar-refractivity contribution in [3.63, 3.8) is 0 Å². The smallest absolute Gasteiger partial charge is 0.305 e. The number of rotatable bonds is 59. The Balaban J connectivity index is 3.36.